The van der Waals surface area contributed by atoms with E-state index in [9.17, 15) is 4.79 Å². The summed E-state index contributed by atoms with van der Waals surface area (Å²) < 4.78 is 6.17. The van der Waals surface area contributed by atoms with E-state index in [0.717, 1.165) is 25.0 Å². The topological polar surface area (TPSA) is 30.7 Å². The smallest absolute Gasteiger partial charge is 0.174 e. The van der Waals surface area contributed by atoms with Crippen LogP contribution in [0, 0.1) is 5.92 Å². The zero-order valence-electron chi connectivity index (χ0n) is 11.8. The van der Waals surface area contributed by atoms with Gasteiger partial charge < -0.3 is 9.64 Å². The standard InChI is InChI=1S/C17H19NO2/c1-18-8-7-17-11-5-6-13(19)16(17)20-14-4-2-3-10(15(14)17)9-12(11)18/h2-4,11-12,16H,5-9H2,1H3/p+1. The third-order valence-corrected chi connectivity index (χ3v) is 6.44. The summed E-state index contributed by atoms with van der Waals surface area (Å²) in [5.41, 5.74) is 2.87. The molecule has 4 aliphatic rings. The Hall–Kier alpha value is -1.35. The lowest BCUT2D eigenvalue weighted by Crippen LogP contribution is -3.16. The molecule has 0 radical (unpaired) electrons. The Morgan fingerprint density at radius 3 is 3.20 bits per heavy atom. The highest BCUT2D eigenvalue weighted by molar-refractivity contribution is 5.88. The number of hydrogen-bond acceptors (Lipinski definition) is 2. The van der Waals surface area contributed by atoms with Crippen LogP contribution in [-0.4, -0.2) is 31.5 Å². The van der Waals surface area contributed by atoms with Crippen molar-refractivity contribution in [2.24, 2.45) is 5.92 Å². The lowest BCUT2D eigenvalue weighted by Gasteiger charge is -2.54. The van der Waals surface area contributed by atoms with Crippen molar-refractivity contribution in [1.82, 2.24) is 0 Å². The minimum Gasteiger partial charge on any atom is -0.481 e. The second-order valence-corrected chi connectivity index (χ2v) is 7.10. The van der Waals surface area contributed by atoms with Gasteiger partial charge >= 0.3 is 0 Å². The van der Waals surface area contributed by atoms with E-state index in [0.29, 0.717) is 24.2 Å². The first-order chi connectivity index (χ1) is 9.72. The van der Waals surface area contributed by atoms with Gasteiger partial charge in [-0.25, -0.2) is 0 Å². The molecule has 2 heterocycles. The van der Waals surface area contributed by atoms with Gasteiger partial charge in [0.2, 0.25) is 0 Å². The summed E-state index contributed by atoms with van der Waals surface area (Å²) in [6, 6.07) is 7.09. The maximum atomic E-state index is 12.5. The number of hydrogen-bond donors (Lipinski definition) is 1. The monoisotopic (exact) mass is 270 g/mol. The van der Waals surface area contributed by atoms with Crippen LogP contribution in [0.25, 0.3) is 0 Å². The predicted octanol–water partition coefficient (Wildman–Crippen LogP) is 0.508. The van der Waals surface area contributed by atoms with E-state index in [-0.39, 0.29) is 11.5 Å². The van der Waals surface area contributed by atoms with Gasteiger partial charge in [0, 0.05) is 30.7 Å². The average molecular weight is 270 g/mol. The Morgan fingerprint density at radius 2 is 2.30 bits per heavy atom. The molecule has 0 aromatic heterocycles. The summed E-state index contributed by atoms with van der Waals surface area (Å²) in [5, 5.41) is 0. The van der Waals surface area contributed by atoms with E-state index >= 15 is 0 Å². The number of carbonyl (C=O) groups excluding carboxylic acids is 1. The third-order valence-electron chi connectivity index (χ3n) is 6.44. The highest BCUT2D eigenvalue weighted by Crippen LogP contribution is 2.59. The van der Waals surface area contributed by atoms with Gasteiger partial charge in [-0.05, 0) is 18.1 Å². The molecule has 1 aromatic rings. The van der Waals surface area contributed by atoms with Gasteiger partial charge in [0.1, 0.15) is 5.75 Å². The van der Waals surface area contributed by atoms with Crippen molar-refractivity contribution >= 4 is 5.78 Å². The van der Waals surface area contributed by atoms with E-state index in [1.807, 2.05) is 0 Å². The molecule has 3 heteroatoms. The second-order valence-electron chi connectivity index (χ2n) is 7.10. The molecule has 1 saturated carbocycles. The quantitative estimate of drug-likeness (QED) is 0.744. The van der Waals surface area contributed by atoms with Gasteiger partial charge in [-0.3, -0.25) is 4.79 Å². The third kappa shape index (κ3) is 1.07. The number of nitrogens with one attached hydrogen (secondary N) is 1. The zero-order chi connectivity index (χ0) is 13.5. The van der Waals surface area contributed by atoms with Crippen LogP contribution in [0.5, 0.6) is 5.75 Å². The summed E-state index contributed by atoms with van der Waals surface area (Å²) >= 11 is 0. The zero-order valence-corrected chi connectivity index (χ0v) is 11.8. The first-order valence-electron chi connectivity index (χ1n) is 7.86. The molecule has 2 fully saturated rings. The molecule has 1 saturated heterocycles. The summed E-state index contributed by atoms with van der Waals surface area (Å²) in [6.45, 7) is 1.17. The van der Waals surface area contributed by atoms with Crippen LogP contribution in [0.15, 0.2) is 18.2 Å². The Balaban J connectivity index is 1.82. The molecule has 20 heavy (non-hydrogen) atoms. The number of ether oxygens (including phenoxy) is 1. The molecular weight excluding hydrogens is 250 g/mol. The van der Waals surface area contributed by atoms with Gasteiger partial charge in [0.25, 0.3) is 0 Å². The number of rotatable bonds is 0. The van der Waals surface area contributed by atoms with E-state index in [1.54, 1.807) is 4.90 Å². The van der Waals surface area contributed by atoms with Crippen molar-refractivity contribution in [2.45, 2.75) is 43.2 Å². The fourth-order valence-corrected chi connectivity index (χ4v) is 5.64. The number of benzene rings is 1. The number of quaternary nitrogens is 1. The first-order valence-corrected chi connectivity index (χ1v) is 7.86. The van der Waals surface area contributed by atoms with E-state index in [2.05, 4.69) is 25.2 Å². The van der Waals surface area contributed by atoms with Crippen LogP contribution in [0.1, 0.15) is 30.4 Å². The van der Waals surface area contributed by atoms with Crippen LogP contribution in [-0.2, 0) is 16.6 Å². The molecule has 0 amide bonds. The maximum absolute atomic E-state index is 12.5. The summed E-state index contributed by atoms with van der Waals surface area (Å²) in [4.78, 5) is 14.1. The molecule has 2 aliphatic carbocycles. The highest BCUT2D eigenvalue weighted by Gasteiger charge is 2.66. The second kappa shape index (κ2) is 3.45. The predicted molar refractivity (Wildman–Crippen MR) is 74.1 cm³/mol. The Bertz CT molecular complexity index is 625. The number of likely N-dealkylation sites (N-methyl/N-ethyl adjacent to an activating group) is 1. The number of carbonyl (C=O) groups is 1. The lowest BCUT2D eigenvalue weighted by molar-refractivity contribution is -0.919. The van der Waals surface area contributed by atoms with Crippen LogP contribution < -0.4 is 9.64 Å². The minimum absolute atomic E-state index is 0.0175. The van der Waals surface area contributed by atoms with E-state index in [1.165, 1.54) is 17.7 Å². The Morgan fingerprint density at radius 1 is 1.40 bits per heavy atom. The lowest BCUT2D eigenvalue weighted by atomic mass is 9.52. The normalized spacial score (nSPS) is 44.0. The Kier molecular flexibility index (Phi) is 1.95. The number of Topliss-reactive ketones (excluding diaryl/α,β-unsaturated/α-hetero) is 1. The van der Waals surface area contributed by atoms with Crippen molar-refractivity contribution < 1.29 is 14.4 Å². The molecule has 5 rings (SSSR count). The van der Waals surface area contributed by atoms with Crippen molar-refractivity contribution in [3.63, 3.8) is 0 Å². The number of ketones is 1. The Labute approximate surface area is 118 Å². The maximum Gasteiger partial charge on any atom is 0.174 e. The molecule has 1 spiro atoms. The molecular formula is C17H20NO2+. The van der Waals surface area contributed by atoms with Crippen molar-refractivity contribution in [1.29, 1.82) is 0 Å². The van der Waals surface area contributed by atoms with Gasteiger partial charge in [0.05, 0.1) is 25.0 Å². The SMILES string of the molecule is C[NH+]1CCC23c4c5cccc4OC2C(=O)CCC3C1C5. The van der Waals surface area contributed by atoms with Crippen LogP contribution in [0.2, 0.25) is 0 Å². The number of likely N-dealkylation sites (tertiary alicyclic amines) is 1. The summed E-state index contributed by atoms with van der Waals surface area (Å²) in [6.07, 6.45) is 3.86. The summed E-state index contributed by atoms with van der Waals surface area (Å²) in [5.74, 6) is 1.98. The van der Waals surface area contributed by atoms with Crippen molar-refractivity contribution in [2.75, 3.05) is 13.6 Å². The van der Waals surface area contributed by atoms with E-state index < -0.39 is 0 Å². The molecule has 2 aliphatic heterocycles. The average Bonchev–Trinajstić information content (AvgIpc) is 2.79. The molecule has 5 atom stereocenters. The molecule has 104 valence electrons. The molecule has 3 nitrogen and oxygen atoms in total. The van der Waals surface area contributed by atoms with Gasteiger partial charge in [-0.2, -0.15) is 0 Å². The van der Waals surface area contributed by atoms with Crippen molar-refractivity contribution in [3.8, 4) is 5.75 Å². The molecule has 1 N–H and O–H groups in total. The molecule has 2 bridgehead atoms. The van der Waals surface area contributed by atoms with E-state index in [4.69, 9.17) is 4.74 Å². The summed E-state index contributed by atoms with van der Waals surface area (Å²) in [7, 11) is 2.33. The van der Waals surface area contributed by atoms with Gasteiger partial charge in [-0.15, -0.1) is 0 Å². The molecule has 1 aromatic carbocycles. The largest absolute Gasteiger partial charge is 0.481 e. The van der Waals surface area contributed by atoms with Gasteiger partial charge in [0.15, 0.2) is 11.9 Å². The van der Waals surface area contributed by atoms with Gasteiger partial charge in [-0.1, -0.05) is 12.1 Å². The highest BCUT2D eigenvalue weighted by atomic mass is 16.5. The fraction of sp³-hybridized carbons (Fsp3) is 0.588. The number of piperidine rings is 1. The van der Waals surface area contributed by atoms with Crippen molar-refractivity contribution in [3.05, 3.63) is 29.3 Å². The van der Waals surface area contributed by atoms with Crippen LogP contribution >= 0.6 is 0 Å². The molecule has 5 unspecified atom stereocenters. The van der Waals surface area contributed by atoms with Crippen LogP contribution in [0.3, 0.4) is 0 Å². The van der Waals surface area contributed by atoms with Crippen LogP contribution in [0.4, 0.5) is 0 Å². The first kappa shape index (κ1) is 11.3. The minimum atomic E-state index is -0.187. The fourth-order valence-electron chi connectivity index (χ4n) is 5.64.